The van der Waals surface area contributed by atoms with Crippen molar-refractivity contribution in [3.8, 4) is 0 Å². The first-order valence-corrected chi connectivity index (χ1v) is 13.1. The first-order chi connectivity index (χ1) is 18.3. The fraction of sp³-hybridized carbons (Fsp3) is 0.481. The quantitative estimate of drug-likeness (QED) is 0.325. The van der Waals surface area contributed by atoms with Crippen molar-refractivity contribution in [2.24, 2.45) is 11.8 Å². The Balaban J connectivity index is 2.19. The Bertz CT molecular complexity index is 1200. The van der Waals surface area contributed by atoms with Gasteiger partial charge in [-0.25, -0.2) is 9.59 Å². The van der Waals surface area contributed by atoms with Gasteiger partial charge in [0.05, 0.1) is 31.7 Å². The predicted molar refractivity (Wildman–Crippen MR) is 135 cm³/mol. The molecule has 212 valence electrons. The molecule has 0 saturated carbocycles. The first-order valence-electron chi connectivity index (χ1n) is 12.2. The Morgan fingerprint density at radius 2 is 1.69 bits per heavy atom. The average Bonchev–Trinajstić information content (AvgIpc) is 3.53. The zero-order valence-electron chi connectivity index (χ0n) is 22.1. The lowest BCUT2D eigenvalue weighted by Gasteiger charge is -2.40. The van der Waals surface area contributed by atoms with Gasteiger partial charge in [0, 0.05) is 10.4 Å². The lowest BCUT2D eigenvalue weighted by molar-refractivity contribution is -0.168. The van der Waals surface area contributed by atoms with Gasteiger partial charge in [0.1, 0.15) is 5.54 Å². The fourth-order valence-electron chi connectivity index (χ4n) is 5.07. The van der Waals surface area contributed by atoms with Crippen molar-refractivity contribution in [2.75, 3.05) is 14.2 Å². The van der Waals surface area contributed by atoms with Crippen LogP contribution in [-0.2, 0) is 34.8 Å². The van der Waals surface area contributed by atoms with Gasteiger partial charge in [-0.15, -0.1) is 11.3 Å². The van der Waals surface area contributed by atoms with Crippen LogP contribution in [0.3, 0.4) is 0 Å². The van der Waals surface area contributed by atoms with Crippen LogP contribution >= 0.6 is 11.3 Å². The second-order valence-electron chi connectivity index (χ2n) is 9.74. The molecule has 1 aromatic carbocycles. The van der Waals surface area contributed by atoms with Crippen molar-refractivity contribution in [1.82, 2.24) is 4.90 Å². The third-order valence-corrected chi connectivity index (χ3v) is 7.57. The molecule has 1 fully saturated rings. The number of ether oxygens (including phenoxy) is 3. The summed E-state index contributed by atoms with van der Waals surface area (Å²) in [4.78, 5) is 54.8. The number of halogens is 3. The Morgan fingerprint density at radius 1 is 1.05 bits per heavy atom. The van der Waals surface area contributed by atoms with E-state index in [9.17, 15) is 32.3 Å². The van der Waals surface area contributed by atoms with Crippen LogP contribution in [0.1, 0.15) is 60.5 Å². The summed E-state index contributed by atoms with van der Waals surface area (Å²) in [7, 11) is 2.31. The summed E-state index contributed by atoms with van der Waals surface area (Å²) in [5.41, 5.74) is -2.68. The minimum atomic E-state index is -4.60. The predicted octanol–water partition coefficient (Wildman–Crippen LogP) is 5.03. The maximum atomic E-state index is 14.1. The summed E-state index contributed by atoms with van der Waals surface area (Å²) in [6.45, 7) is 5.00. The summed E-state index contributed by atoms with van der Waals surface area (Å²) >= 11 is 1.24. The Kier molecular flexibility index (Phi) is 9.09. The molecular formula is C27H30F3NO7S. The molecular weight excluding hydrogens is 539 g/mol. The number of rotatable bonds is 8. The number of benzene rings is 1. The van der Waals surface area contributed by atoms with Gasteiger partial charge in [-0.05, 0) is 61.4 Å². The summed E-state index contributed by atoms with van der Waals surface area (Å²) < 4.78 is 54.7. The van der Waals surface area contributed by atoms with Gasteiger partial charge in [-0.1, -0.05) is 19.9 Å². The molecule has 12 heteroatoms. The molecule has 1 aromatic heterocycles. The number of hydrogen-bond donors (Lipinski definition) is 0. The van der Waals surface area contributed by atoms with Crippen molar-refractivity contribution in [3.63, 3.8) is 0 Å². The van der Waals surface area contributed by atoms with Crippen LogP contribution in [0.5, 0.6) is 0 Å². The van der Waals surface area contributed by atoms with Crippen molar-refractivity contribution in [1.29, 1.82) is 0 Å². The molecule has 0 spiro atoms. The SMILES string of the molecule is COC(=O)[C@H](C)OC(=O)[C@@H]1C[C@](CC(C)C)(C(=O)OC)N(C(=O)c2ccc(C(F)(F)F)cc2)[C@@H]1c1cccs1. The molecule has 0 bridgehead atoms. The standard InChI is InChI=1S/C27H30F3NO7S/c1-15(2)13-26(25(35)37-5)14-19(24(34)38-16(3)23(33)36-4)21(20-7-6-12-39-20)31(26)22(32)17-8-10-18(11-9-17)27(28,29)30/h6-12,15-16,19,21H,13-14H2,1-5H3/t16-,19+,21-,26+/m0/s1. The number of carbonyl (C=O) groups is 4. The Morgan fingerprint density at radius 3 is 2.18 bits per heavy atom. The van der Waals surface area contributed by atoms with Crippen LogP contribution < -0.4 is 0 Å². The van der Waals surface area contributed by atoms with Gasteiger partial charge in [0.25, 0.3) is 5.91 Å². The van der Waals surface area contributed by atoms with Crippen LogP contribution in [0.15, 0.2) is 41.8 Å². The zero-order chi connectivity index (χ0) is 29.1. The molecule has 1 amide bonds. The van der Waals surface area contributed by atoms with Gasteiger partial charge in [0.2, 0.25) is 0 Å². The third-order valence-electron chi connectivity index (χ3n) is 6.63. The Labute approximate surface area is 228 Å². The molecule has 1 saturated heterocycles. The van der Waals surface area contributed by atoms with Gasteiger partial charge in [0.15, 0.2) is 6.10 Å². The van der Waals surface area contributed by atoms with Crippen molar-refractivity contribution in [2.45, 2.75) is 57.5 Å². The van der Waals surface area contributed by atoms with Crippen LogP contribution in [0.25, 0.3) is 0 Å². The molecule has 1 aliphatic heterocycles. The average molecular weight is 570 g/mol. The normalized spacial score (nSPS) is 21.9. The lowest BCUT2D eigenvalue weighted by atomic mass is 9.83. The molecule has 0 aliphatic carbocycles. The molecule has 8 nitrogen and oxygen atoms in total. The van der Waals surface area contributed by atoms with E-state index in [0.717, 1.165) is 38.5 Å². The molecule has 4 atom stereocenters. The summed E-state index contributed by atoms with van der Waals surface area (Å²) in [5.74, 6) is -4.37. The number of thiophene rings is 1. The number of esters is 3. The van der Waals surface area contributed by atoms with Gasteiger partial charge < -0.3 is 19.1 Å². The van der Waals surface area contributed by atoms with E-state index in [4.69, 9.17) is 9.47 Å². The highest BCUT2D eigenvalue weighted by Crippen LogP contribution is 2.52. The smallest absolute Gasteiger partial charge is 0.416 e. The highest BCUT2D eigenvalue weighted by Gasteiger charge is 2.62. The number of carbonyl (C=O) groups excluding carboxylic acids is 4. The van der Waals surface area contributed by atoms with E-state index < -0.39 is 59.2 Å². The number of alkyl halides is 3. The lowest BCUT2D eigenvalue weighted by Crippen LogP contribution is -2.55. The van der Waals surface area contributed by atoms with Gasteiger partial charge >= 0.3 is 24.1 Å². The summed E-state index contributed by atoms with van der Waals surface area (Å²) in [5, 5.41) is 1.73. The van der Waals surface area contributed by atoms with Crippen LogP contribution in [0.4, 0.5) is 13.2 Å². The van der Waals surface area contributed by atoms with Crippen molar-refractivity contribution in [3.05, 3.63) is 57.8 Å². The molecule has 39 heavy (non-hydrogen) atoms. The molecule has 3 rings (SSSR count). The van der Waals surface area contributed by atoms with E-state index in [1.165, 1.54) is 23.2 Å². The third kappa shape index (κ3) is 6.10. The van der Waals surface area contributed by atoms with Crippen LogP contribution in [0.2, 0.25) is 0 Å². The van der Waals surface area contributed by atoms with Crippen molar-refractivity contribution < 1.29 is 46.6 Å². The number of methoxy groups -OCH3 is 2. The summed E-state index contributed by atoms with van der Waals surface area (Å²) in [6.07, 6.45) is -5.93. The molecule has 1 aliphatic rings. The Hall–Kier alpha value is -3.41. The van der Waals surface area contributed by atoms with E-state index in [2.05, 4.69) is 4.74 Å². The number of likely N-dealkylation sites (tertiary alicyclic amines) is 1. The minimum absolute atomic E-state index is 0.0986. The van der Waals surface area contributed by atoms with E-state index in [-0.39, 0.29) is 24.3 Å². The van der Waals surface area contributed by atoms with E-state index in [0.29, 0.717) is 4.88 Å². The van der Waals surface area contributed by atoms with Gasteiger partial charge in [-0.2, -0.15) is 13.2 Å². The van der Waals surface area contributed by atoms with Crippen LogP contribution in [0, 0.1) is 11.8 Å². The molecule has 0 radical (unpaired) electrons. The van der Waals surface area contributed by atoms with Gasteiger partial charge in [-0.3, -0.25) is 9.59 Å². The largest absolute Gasteiger partial charge is 0.467 e. The maximum absolute atomic E-state index is 14.1. The minimum Gasteiger partial charge on any atom is -0.467 e. The number of nitrogens with zero attached hydrogens (tertiary/aromatic N) is 1. The first kappa shape index (κ1) is 30.1. The van der Waals surface area contributed by atoms with E-state index in [1.54, 1.807) is 17.5 Å². The van der Waals surface area contributed by atoms with Crippen LogP contribution in [-0.4, -0.2) is 54.6 Å². The van der Waals surface area contributed by atoms with Crippen molar-refractivity contribution >= 4 is 35.2 Å². The monoisotopic (exact) mass is 569 g/mol. The second-order valence-corrected chi connectivity index (χ2v) is 10.7. The zero-order valence-corrected chi connectivity index (χ0v) is 22.9. The molecule has 2 aromatic rings. The highest BCUT2D eigenvalue weighted by molar-refractivity contribution is 7.10. The highest BCUT2D eigenvalue weighted by atomic mass is 32.1. The number of hydrogen-bond acceptors (Lipinski definition) is 8. The number of amides is 1. The maximum Gasteiger partial charge on any atom is 0.416 e. The van der Waals surface area contributed by atoms with E-state index in [1.807, 2.05) is 13.8 Å². The molecule has 0 unspecified atom stereocenters. The topological polar surface area (TPSA) is 99.2 Å². The molecule has 2 heterocycles. The summed E-state index contributed by atoms with van der Waals surface area (Å²) in [6, 6.07) is 6.04. The second kappa shape index (κ2) is 11.8. The van der Waals surface area contributed by atoms with E-state index >= 15 is 0 Å². The fourth-order valence-corrected chi connectivity index (χ4v) is 5.95. The molecule has 0 N–H and O–H groups in total.